The van der Waals surface area contributed by atoms with Gasteiger partial charge in [0.1, 0.15) is 0 Å². The van der Waals surface area contributed by atoms with Crippen LogP contribution in [0.25, 0.3) is 0 Å². The molecule has 0 aliphatic heterocycles. The lowest BCUT2D eigenvalue weighted by Crippen LogP contribution is -2.44. The second-order valence-corrected chi connectivity index (χ2v) is 2.46. The van der Waals surface area contributed by atoms with Gasteiger partial charge in [-0.1, -0.05) is 0 Å². The first-order valence-electron chi connectivity index (χ1n) is 2.12. The smallest absolute Gasteiger partial charge is 0.303 e. The van der Waals surface area contributed by atoms with E-state index in [2.05, 4.69) is 0 Å². The maximum absolute atomic E-state index is 8.42. The van der Waals surface area contributed by atoms with Gasteiger partial charge in [0.15, 0.2) is 0 Å². The number of rotatable bonds is 1. The fourth-order valence-electron chi connectivity index (χ4n) is 0. The van der Waals surface area contributed by atoms with Crippen LogP contribution in [0.2, 0.25) is 0 Å². The molecule has 0 amide bonds. The number of nitrogens with zero attached hydrogens (tertiary/aromatic N) is 1. The van der Waals surface area contributed by atoms with Crippen LogP contribution < -0.4 is 0 Å². The Kier molecular flexibility index (Phi) is 1.75. The topological polar surface area (TPSA) is 40.5 Å². The Morgan fingerprint density at radius 3 is 1.29 bits per heavy atom. The molecule has 0 atom stereocenters. The van der Waals surface area contributed by atoms with E-state index in [1.54, 1.807) is 21.1 Å². The van der Waals surface area contributed by atoms with Crippen molar-refractivity contribution in [2.45, 2.75) is 6.41 Å². The van der Waals surface area contributed by atoms with E-state index >= 15 is 0 Å². The summed E-state index contributed by atoms with van der Waals surface area (Å²) in [5.41, 5.74) is 0. The molecule has 0 unspecified atom stereocenters. The number of aliphatic hydroxyl groups is 2. The zero-order chi connectivity index (χ0) is 6.08. The molecule has 0 saturated heterocycles. The van der Waals surface area contributed by atoms with Gasteiger partial charge in [-0.15, -0.1) is 0 Å². The summed E-state index contributed by atoms with van der Waals surface area (Å²) in [6, 6.07) is 0. The van der Waals surface area contributed by atoms with E-state index in [9.17, 15) is 0 Å². The summed E-state index contributed by atoms with van der Waals surface area (Å²) in [6.45, 7) is 0. The van der Waals surface area contributed by atoms with Crippen molar-refractivity contribution in [1.82, 2.24) is 0 Å². The van der Waals surface area contributed by atoms with Gasteiger partial charge in [-0.3, -0.25) is 4.48 Å². The summed E-state index contributed by atoms with van der Waals surface area (Å²) in [4.78, 5) is 0. The first kappa shape index (κ1) is 6.88. The van der Waals surface area contributed by atoms with Crippen LogP contribution in [0, 0.1) is 0 Å². The van der Waals surface area contributed by atoms with Gasteiger partial charge in [0.25, 0.3) is 0 Å². The largest absolute Gasteiger partial charge is 0.322 e. The zero-order valence-electron chi connectivity index (χ0n) is 4.92. The van der Waals surface area contributed by atoms with Crippen LogP contribution >= 0.6 is 0 Å². The molecule has 0 spiro atoms. The molecule has 0 bridgehead atoms. The van der Waals surface area contributed by atoms with Gasteiger partial charge in [-0.25, -0.2) is 0 Å². The number of hydrogen-bond donors (Lipinski definition) is 2. The van der Waals surface area contributed by atoms with Crippen molar-refractivity contribution in [3.05, 3.63) is 0 Å². The Labute approximate surface area is 43.4 Å². The van der Waals surface area contributed by atoms with Crippen LogP contribution in [-0.2, 0) is 0 Å². The molecule has 3 nitrogen and oxygen atoms in total. The van der Waals surface area contributed by atoms with E-state index < -0.39 is 6.41 Å². The molecule has 0 aliphatic carbocycles. The molecule has 0 aromatic rings. The van der Waals surface area contributed by atoms with Crippen molar-refractivity contribution < 1.29 is 14.7 Å². The molecule has 44 valence electrons. The van der Waals surface area contributed by atoms with Crippen molar-refractivity contribution in [2.24, 2.45) is 0 Å². The molecule has 0 radical (unpaired) electrons. The van der Waals surface area contributed by atoms with Gasteiger partial charge in [-0.05, 0) is 0 Å². The monoisotopic (exact) mass is 106 g/mol. The average molecular weight is 106 g/mol. The van der Waals surface area contributed by atoms with Crippen LogP contribution in [0.15, 0.2) is 0 Å². The normalized spacial score (nSPS) is 12.9. The molecule has 0 heterocycles. The molecule has 0 aliphatic rings. The van der Waals surface area contributed by atoms with Crippen LogP contribution in [0.3, 0.4) is 0 Å². The Morgan fingerprint density at radius 1 is 1.14 bits per heavy atom. The second-order valence-electron chi connectivity index (χ2n) is 2.46. The summed E-state index contributed by atoms with van der Waals surface area (Å²) in [5, 5.41) is 16.8. The van der Waals surface area contributed by atoms with E-state index in [0.29, 0.717) is 0 Å². The summed E-state index contributed by atoms with van der Waals surface area (Å²) in [7, 11) is 5.10. The molecular weight excluding hydrogens is 94.0 g/mol. The fraction of sp³-hybridized carbons (Fsp3) is 1.00. The van der Waals surface area contributed by atoms with Gasteiger partial charge in [0.05, 0.1) is 21.1 Å². The van der Waals surface area contributed by atoms with Crippen LogP contribution in [0.5, 0.6) is 0 Å². The predicted molar refractivity (Wildman–Crippen MR) is 26.3 cm³/mol. The second kappa shape index (κ2) is 1.78. The lowest BCUT2D eigenvalue weighted by atomic mass is 10.7. The highest BCUT2D eigenvalue weighted by Crippen LogP contribution is 1.91. The Bertz CT molecular complexity index is 55.2. The lowest BCUT2D eigenvalue weighted by Gasteiger charge is -2.24. The highest BCUT2D eigenvalue weighted by Gasteiger charge is 2.14. The minimum absolute atomic E-state index is 0.167. The number of hydrogen-bond acceptors (Lipinski definition) is 2. The van der Waals surface area contributed by atoms with Gasteiger partial charge in [-0.2, -0.15) is 0 Å². The minimum atomic E-state index is -1.26. The van der Waals surface area contributed by atoms with Crippen LogP contribution in [-0.4, -0.2) is 42.3 Å². The van der Waals surface area contributed by atoms with E-state index in [-0.39, 0.29) is 4.48 Å². The van der Waals surface area contributed by atoms with Gasteiger partial charge >= 0.3 is 6.41 Å². The van der Waals surface area contributed by atoms with Crippen molar-refractivity contribution >= 4 is 0 Å². The lowest BCUT2D eigenvalue weighted by molar-refractivity contribution is -0.943. The van der Waals surface area contributed by atoms with Crippen molar-refractivity contribution in [1.29, 1.82) is 0 Å². The van der Waals surface area contributed by atoms with Crippen molar-refractivity contribution in [3.63, 3.8) is 0 Å². The summed E-state index contributed by atoms with van der Waals surface area (Å²) < 4.78 is 0.167. The fourth-order valence-corrected chi connectivity index (χ4v) is 0. The minimum Gasteiger partial charge on any atom is -0.322 e. The molecule has 3 heteroatoms. The average Bonchev–Trinajstić information content (AvgIpc) is 1.31. The van der Waals surface area contributed by atoms with E-state index in [0.717, 1.165) is 0 Å². The molecule has 2 N–H and O–H groups in total. The molecule has 0 fully saturated rings. The first-order valence-corrected chi connectivity index (χ1v) is 2.12. The van der Waals surface area contributed by atoms with E-state index in [4.69, 9.17) is 10.2 Å². The highest BCUT2D eigenvalue weighted by atomic mass is 16.5. The summed E-state index contributed by atoms with van der Waals surface area (Å²) in [6.07, 6.45) is -1.26. The van der Waals surface area contributed by atoms with Gasteiger partial charge in [0.2, 0.25) is 0 Å². The third-order valence-electron chi connectivity index (χ3n) is 0.693. The molecule has 0 aromatic carbocycles. The number of aliphatic hydroxyl groups excluding tert-OH is 1. The van der Waals surface area contributed by atoms with Crippen molar-refractivity contribution in [3.8, 4) is 0 Å². The predicted octanol–water partition coefficient (Wildman–Crippen LogP) is -1.04. The van der Waals surface area contributed by atoms with Gasteiger partial charge in [0, 0.05) is 0 Å². The standard InChI is InChI=1S/C4H12NO2/c1-5(2,3)4(6)7/h4,6-7H,1-3H3/q+1. The Balaban J connectivity index is 3.54. The van der Waals surface area contributed by atoms with E-state index in [1.165, 1.54) is 0 Å². The Morgan fingerprint density at radius 2 is 1.29 bits per heavy atom. The third kappa shape index (κ3) is 2.56. The molecule has 7 heavy (non-hydrogen) atoms. The number of quaternary nitrogens is 1. The maximum Gasteiger partial charge on any atom is 0.303 e. The highest BCUT2D eigenvalue weighted by molar-refractivity contribution is 4.04. The Hall–Kier alpha value is -0.120. The molecule has 0 aromatic heterocycles. The van der Waals surface area contributed by atoms with Crippen LogP contribution in [0.1, 0.15) is 0 Å². The SMILES string of the molecule is C[N+](C)(C)C(O)O. The molecule has 0 saturated carbocycles. The van der Waals surface area contributed by atoms with Crippen LogP contribution in [0.4, 0.5) is 0 Å². The summed E-state index contributed by atoms with van der Waals surface area (Å²) in [5.74, 6) is 0. The molecule has 0 rings (SSSR count). The quantitative estimate of drug-likeness (QED) is 0.331. The summed E-state index contributed by atoms with van der Waals surface area (Å²) >= 11 is 0. The first-order chi connectivity index (χ1) is 2.94. The molecular formula is C4H12NO2+. The van der Waals surface area contributed by atoms with E-state index in [1.807, 2.05) is 0 Å². The maximum atomic E-state index is 8.42. The van der Waals surface area contributed by atoms with Crippen molar-refractivity contribution in [2.75, 3.05) is 21.1 Å². The third-order valence-corrected chi connectivity index (χ3v) is 0.693. The zero-order valence-corrected chi connectivity index (χ0v) is 4.92. The van der Waals surface area contributed by atoms with Gasteiger partial charge < -0.3 is 10.2 Å².